The van der Waals surface area contributed by atoms with Crippen molar-refractivity contribution in [3.8, 4) is 5.75 Å². The Balaban J connectivity index is 1.84. The minimum absolute atomic E-state index is 0.0731. The first-order chi connectivity index (χ1) is 11.0. The van der Waals surface area contributed by atoms with Gasteiger partial charge in [-0.25, -0.2) is 0 Å². The van der Waals surface area contributed by atoms with Crippen molar-refractivity contribution in [2.45, 2.75) is 33.4 Å². The fourth-order valence-electron chi connectivity index (χ4n) is 3.13. The van der Waals surface area contributed by atoms with E-state index < -0.39 is 0 Å². The van der Waals surface area contributed by atoms with Gasteiger partial charge in [-0.2, -0.15) is 0 Å². The van der Waals surface area contributed by atoms with Gasteiger partial charge >= 0.3 is 0 Å². The Morgan fingerprint density at radius 1 is 1.26 bits per heavy atom. The summed E-state index contributed by atoms with van der Waals surface area (Å²) < 4.78 is 5.78. The van der Waals surface area contributed by atoms with E-state index in [4.69, 9.17) is 17.0 Å². The molecule has 6 heteroatoms. The van der Waals surface area contributed by atoms with E-state index in [1.807, 2.05) is 0 Å². The monoisotopic (exact) mass is 331 g/mol. The normalized spacial score (nSPS) is 14.6. The number of rotatable bonds is 3. The van der Waals surface area contributed by atoms with Gasteiger partial charge in [0.25, 0.3) is 5.56 Å². The lowest BCUT2D eigenvalue weighted by molar-refractivity contribution is 0.241. The van der Waals surface area contributed by atoms with Gasteiger partial charge in [-0.3, -0.25) is 14.7 Å². The highest BCUT2D eigenvalue weighted by Crippen LogP contribution is 2.24. The van der Waals surface area contributed by atoms with E-state index in [0.717, 1.165) is 42.1 Å². The van der Waals surface area contributed by atoms with E-state index in [2.05, 4.69) is 40.8 Å². The fraction of sp³-hybridized carbons (Fsp3) is 0.412. The van der Waals surface area contributed by atoms with Crippen LogP contribution in [0.3, 0.4) is 0 Å². The Bertz CT molecular complexity index is 854. The van der Waals surface area contributed by atoms with E-state index in [9.17, 15) is 4.79 Å². The van der Waals surface area contributed by atoms with Crippen LogP contribution in [0.2, 0.25) is 0 Å². The predicted molar refractivity (Wildman–Crippen MR) is 92.5 cm³/mol. The molecule has 0 amide bonds. The molecule has 0 spiro atoms. The zero-order chi connectivity index (χ0) is 16.6. The van der Waals surface area contributed by atoms with Crippen LogP contribution in [-0.2, 0) is 19.5 Å². The van der Waals surface area contributed by atoms with Crippen LogP contribution in [0, 0.1) is 18.6 Å². The van der Waals surface area contributed by atoms with Gasteiger partial charge in [0.05, 0.1) is 12.7 Å². The molecule has 3 rings (SSSR count). The van der Waals surface area contributed by atoms with Crippen LogP contribution < -0.4 is 10.3 Å². The SMILES string of the molecule is COc1cc(C)c(CN2CCc3[nH]c(=S)[nH]c(=O)c3C2)cc1C. The molecular formula is C17H21N3O2S. The van der Waals surface area contributed by atoms with Crippen molar-refractivity contribution in [2.75, 3.05) is 13.7 Å². The topological polar surface area (TPSA) is 61.1 Å². The molecule has 2 aromatic rings. The molecule has 0 bridgehead atoms. The van der Waals surface area contributed by atoms with Crippen LogP contribution in [-0.4, -0.2) is 28.5 Å². The zero-order valence-corrected chi connectivity index (χ0v) is 14.5. The van der Waals surface area contributed by atoms with E-state index in [-0.39, 0.29) is 5.56 Å². The minimum Gasteiger partial charge on any atom is -0.496 e. The van der Waals surface area contributed by atoms with Crippen molar-refractivity contribution in [1.29, 1.82) is 0 Å². The number of aryl methyl sites for hydroxylation is 2. The molecular weight excluding hydrogens is 310 g/mol. The standard InChI is InChI=1S/C17H21N3O2S/c1-10-7-15(22-3)11(2)6-12(10)8-20-5-4-14-13(9-20)16(21)19-17(23)18-14/h6-7H,4-5,8-9H2,1-3H3,(H2,18,19,21,23). The van der Waals surface area contributed by atoms with E-state index in [1.54, 1.807) is 7.11 Å². The average molecular weight is 331 g/mol. The number of aromatic amines is 2. The number of hydrogen-bond donors (Lipinski definition) is 2. The van der Waals surface area contributed by atoms with Gasteiger partial charge in [-0.1, -0.05) is 6.07 Å². The first kappa shape index (κ1) is 16.0. The van der Waals surface area contributed by atoms with Crippen LogP contribution in [0.15, 0.2) is 16.9 Å². The number of nitrogens with zero attached hydrogens (tertiary/aromatic N) is 1. The van der Waals surface area contributed by atoms with Crippen LogP contribution in [0.25, 0.3) is 0 Å². The summed E-state index contributed by atoms with van der Waals surface area (Å²) in [5.41, 5.74) is 5.31. The van der Waals surface area contributed by atoms with Gasteiger partial charge in [-0.15, -0.1) is 0 Å². The summed E-state index contributed by atoms with van der Waals surface area (Å²) in [5.74, 6) is 0.916. The number of methoxy groups -OCH3 is 1. The van der Waals surface area contributed by atoms with Gasteiger partial charge in [0, 0.05) is 31.7 Å². The zero-order valence-electron chi connectivity index (χ0n) is 13.7. The number of benzene rings is 1. The maximum Gasteiger partial charge on any atom is 0.256 e. The fourth-order valence-corrected chi connectivity index (χ4v) is 3.34. The number of H-pyrrole nitrogens is 2. The molecule has 1 aliphatic rings. The lowest BCUT2D eigenvalue weighted by Gasteiger charge is -2.28. The number of ether oxygens (including phenoxy) is 1. The first-order valence-corrected chi connectivity index (χ1v) is 8.09. The molecule has 0 aliphatic carbocycles. The van der Waals surface area contributed by atoms with Crippen molar-refractivity contribution in [1.82, 2.24) is 14.9 Å². The van der Waals surface area contributed by atoms with Crippen LogP contribution >= 0.6 is 12.2 Å². The van der Waals surface area contributed by atoms with Gasteiger partial charge in [0.15, 0.2) is 4.77 Å². The second-order valence-electron chi connectivity index (χ2n) is 6.07. The molecule has 0 saturated carbocycles. The largest absolute Gasteiger partial charge is 0.496 e. The van der Waals surface area contributed by atoms with E-state index in [1.165, 1.54) is 11.1 Å². The van der Waals surface area contributed by atoms with Gasteiger partial charge < -0.3 is 9.72 Å². The summed E-state index contributed by atoms with van der Waals surface area (Å²) in [5, 5.41) is 0. The molecule has 0 radical (unpaired) electrons. The molecule has 0 unspecified atom stereocenters. The lowest BCUT2D eigenvalue weighted by atomic mass is 10.0. The van der Waals surface area contributed by atoms with Gasteiger partial charge in [-0.05, 0) is 48.8 Å². The number of nitrogens with one attached hydrogen (secondary N) is 2. The molecule has 0 atom stereocenters. The summed E-state index contributed by atoms with van der Waals surface area (Å²) in [7, 11) is 1.69. The third-order valence-corrected chi connectivity index (χ3v) is 4.64. The Hall–Kier alpha value is -1.92. The molecule has 1 aromatic heterocycles. The molecule has 5 nitrogen and oxygen atoms in total. The number of fused-ring (bicyclic) bond motifs is 1. The van der Waals surface area contributed by atoms with Gasteiger partial charge in [0.1, 0.15) is 5.75 Å². The number of aromatic nitrogens is 2. The van der Waals surface area contributed by atoms with Crippen LogP contribution in [0.1, 0.15) is 27.9 Å². The molecule has 122 valence electrons. The summed E-state index contributed by atoms with van der Waals surface area (Å²) in [6.45, 7) is 6.52. The molecule has 1 aliphatic heterocycles. The summed E-state index contributed by atoms with van der Waals surface area (Å²) in [6.07, 6.45) is 0.817. The highest BCUT2D eigenvalue weighted by Gasteiger charge is 2.20. The quantitative estimate of drug-likeness (QED) is 0.849. The molecule has 0 saturated heterocycles. The average Bonchev–Trinajstić information content (AvgIpc) is 2.51. The third-order valence-electron chi connectivity index (χ3n) is 4.44. The smallest absolute Gasteiger partial charge is 0.256 e. The van der Waals surface area contributed by atoms with E-state index >= 15 is 0 Å². The van der Waals surface area contributed by atoms with Crippen molar-refractivity contribution in [3.63, 3.8) is 0 Å². The Morgan fingerprint density at radius 2 is 2.04 bits per heavy atom. The highest BCUT2D eigenvalue weighted by atomic mass is 32.1. The van der Waals surface area contributed by atoms with Crippen molar-refractivity contribution in [2.24, 2.45) is 0 Å². The van der Waals surface area contributed by atoms with Crippen molar-refractivity contribution in [3.05, 3.63) is 55.2 Å². The molecule has 2 heterocycles. The highest BCUT2D eigenvalue weighted by molar-refractivity contribution is 7.71. The number of hydrogen-bond acceptors (Lipinski definition) is 4. The van der Waals surface area contributed by atoms with Gasteiger partial charge in [0.2, 0.25) is 0 Å². The molecule has 1 aromatic carbocycles. The minimum atomic E-state index is -0.0731. The maximum absolute atomic E-state index is 12.1. The second-order valence-corrected chi connectivity index (χ2v) is 6.48. The molecule has 0 fully saturated rings. The first-order valence-electron chi connectivity index (χ1n) is 7.68. The van der Waals surface area contributed by atoms with Crippen molar-refractivity contribution < 1.29 is 4.74 Å². The van der Waals surface area contributed by atoms with Crippen molar-refractivity contribution >= 4 is 12.2 Å². The maximum atomic E-state index is 12.1. The Labute approximate surface area is 140 Å². The second kappa shape index (κ2) is 6.29. The third kappa shape index (κ3) is 3.23. The van der Waals surface area contributed by atoms with E-state index in [0.29, 0.717) is 11.3 Å². The molecule has 23 heavy (non-hydrogen) atoms. The van der Waals surface area contributed by atoms with Crippen LogP contribution in [0.4, 0.5) is 0 Å². The van der Waals surface area contributed by atoms with Crippen LogP contribution in [0.5, 0.6) is 5.75 Å². The predicted octanol–water partition coefficient (Wildman–Crippen LogP) is 2.62. The Kier molecular flexibility index (Phi) is 4.37. The summed E-state index contributed by atoms with van der Waals surface area (Å²) in [4.78, 5) is 20.2. The molecule has 2 N–H and O–H groups in total. The summed E-state index contributed by atoms with van der Waals surface area (Å²) in [6, 6.07) is 4.25. The Morgan fingerprint density at radius 3 is 2.78 bits per heavy atom. The lowest BCUT2D eigenvalue weighted by Crippen LogP contribution is -2.35. The summed E-state index contributed by atoms with van der Waals surface area (Å²) >= 11 is 5.04.